The number of aryl methyl sites for hydroxylation is 1. The van der Waals surface area contributed by atoms with E-state index in [9.17, 15) is 14.0 Å². The first kappa shape index (κ1) is 26.4. The van der Waals surface area contributed by atoms with Crippen LogP contribution in [0.15, 0.2) is 18.2 Å². The van der Waals surface area contributed by atoms with E-state index in [0.717, 1.165) is 24.2 Å². The van der Waals surface area contributed by atoms with Gasteiger partial charge in [-0.2, -0.15) is 0 Å². The second-order valence-electron chi connectivity index (χ2n) is 9.83. The van der Waals surface area contributed by atoms with E-state index >= 15 is 0 Å². The highest BCUT2D eigenvalue weighted by molar-refractivity contribution is 5.69. The smallest absolute Gasteiger partial charge is 0.410 e. The Labute approximate surface area is 202 Å². The van der Waals surface area contributed by atoms with E-state index < -0.39 is 5.60 Å². The monoisotopic (exact) mass is 478 g/mol. The SMILES string of the molecule is COC(=O)CCCN(C)CC[C@]1(OC(=O)N2CCOCC2)CCc2cc(F)ccc2C1C(C)C. The lowest BCUT2D eigenvalue weighted by molar-refractivity contribution is -0.140. The van der Waals surface area contributed by atoms with Crippen LogP contribution in [0.2, 0.25) is 0 Å². The molecular formula is C26H39FN2O5. The highest BCUT2D eigenvalue weighted by atomic mass is 19.1. The van der Waals surface area contributed by atoms with E-state index in [0.29, 0.717) is 58.4 Å². The molecule has 7 nitrogen and oxygen atoms in total. The van der Waals surface area contributed by atoms with Crippen molar-refractivity contribution in [3.63, 3.8) is 0 Å². The van der Waals surface area contributed by atoms with Crippen molar-refractivity contribution in [2.75, 3.05) is 53.6 Å². The minimum absolute atomic E-state index is 0.0368. The van der Waals surface area contributed by atoms with Crippen LogP contribution >= 0.6 is 0 Å². The minimum atomic E-state index is -0.689. The number of esters is 1. The first-order valence-electron chi connectivity index (χ1n) is 12.3. The summed E-state index contributed by atoms with van der Waals surface area (Å²) in [7, 11) is 3.42. The number of carbonyl (C=O) groups excluding carboxylic acids is 2. The number of halogens is 1. The summed E-state index contributed by atoms with van der Waals surface area (Å²) in [5.41, 5.74) is 1.39. The van der Waals surface area contributed by atoms with Gasteiger partial charge in [-0.1, -0.05) is 19.9 Å². The summed E-state index contributed by atoms with van der Waals surface area (Å²) in [5.74, 6) is -0.276. The Morgan fingerprint density at radius 2 is 2.00 bits per heavy atom. The molecule has 0 spiro atoms. The van der Waals surface area contributed by atoms with Gasteiger partial charge >= 0.3 is 12.1 Å². The molecule has 1 amide bonds. The molecule has 1 aliphatic carbocycles. The summed E-state index contributed by atoms with van der Waals surface area (Å²) in [4.78, 5) is 28.6. The van der Waals surface area contributed by atoms with Crippen LogP contribution in [0.4, 0.5) is 9.18 Å². The van der Waals surface area contributed by atoms with E-state index in [-0.39, 0.29) is 29.7 Å². The van der Waals surface area contributed by atoms with Gasteiger partial charge in [-0.3, -0.25) is 4.79 Å². The quantitative estimate of drug-likeness (QED) is 0.500. The number of methoxy groups -OCH3 is 1. The summed E-state index contributed by atoms with van der Waals surface area (Å²) < 4.78 is 30.5. The van der Waals surface area contributed by atoms with Crippen molar-refractivity contribution < 1.29 is 28.2 Å². The van der Waals surface area contributed by atoms with Gasteiger partial charge in [-0.25, -0.2) is 9.18 Å². The van der Waals surface area contributed by atoms with Crippen molar-refractivity contribution in [3.8, 4) is 0 Å². The van der Waals surface area contributed by atoms with E-state index in [1.807, 2.05) is 13.1 Å². The number of carbonyl (C=O) groups is 2. The zero-order chi connectivity index (χ0) is 24.7. The maximum absolute atomic E-state index is 14.0. The second kappa shape index (κ2) is 12.0. The van der Waals surface area contributed by atoms with Gasteiger partial charge in [0.05, 0.1) is 20.3 Å². The van der Waals surface area contributed by atoms with Crippen LogP contribution in [0.1, 0.15) is 56.6 Å². The molecule has 0 saturated carbocycles. The van der Waals surface area contributed by atoms with Crippen molar-refractivity contribution >= 4 is 12.1 Å². The van der Waals surface area contributed by atoms with Gasteiger partial charge in [0.2, 0.25) is 0 Å². The van der Waals surface area contributed by atoms with Crippen molar-refractivity contribution in [2.24, 2.45) is 5.92 Å². The lowest BCUT2D eigenvalue weighted by atomic mass is 9.65. The zero-order valence-corrected chi connectivity index (χ0v) is 21.0. The molecule has 1 aromatic rings. The van der Waals surface area contributed by atoms with Gasteiger partial charge in [0.15, 0.2) is 0 Å². The van der Waals surface area contributed by atoms with Gasteiger partial charge in [0.1, 0.15) is 11.4 Å². The molecule has 34 heavy (non-hydrogen) atoms. The summed E-state index contributed by atoms with van der Waals surface area (Å²) in [5, 5.41) is 0. The number of hydrogen-bond donors (Lipinski definition) is 0. The molecule has 1 saturated heterocycles. The standard InChI is InChI=1S/C26H39FN2O5/c1-19(2)24-22-8-7-21(27)18-20(22)9-10-26(24,34-25(31)29-14-16-33-17-15-29)11-13-28(3)12-5-6-23(30)32-4/h7-8,18-19,24H,5-6,9-17H2,1-4H3/t24?,26-/m1/s1. The fourth-order valence-electron chi connectivity index (χ4n) is 5.36. The minimum Gasteiger partial charge on any atom is -0.469 e. The largest absolute Gasteiger partial charge is 0.469 e. The molecule has 8 heteroatoms. The second-order valence-corrected chi connectivity index (χ2v) is 9.83. The lowest BCUT2D eigenvalue weighted by Crippen LogP contribution is -2.52. The Hall–Kier alpha value is -2.19. The van der Waals surface area contributed by atoms with Crippen molar-refractivity contribution in [1.82, 2.24) is 9.80 Å². The number of benzene rings is 1. The van der Waals surface area contributed by atoms with Crippen LogP contribution in [0.25, 0.3) is 0 Å². The molecule has 0 radical (unpaired) electrons. The maximum atomic E-state index is 14.0. The molecule has 1 heterocycles. The molecule has 2 aliphatic rings. The van der Waals surface area contributed by atoms with Crippen LogP contribution in [-0.2, 0) is 25.4 Å². The molecule has 0 N–H and O–H groups in total. The third-order valence-corrected chi connectivity index (χ3v) is 7.12. The zero-order valence-electron chi connectivity index (χ0n) is 21.0. The van der Waals surface area contributed by atoms with Crippen molar-refractivity contribution in [3.05, 3.63) is 35.1 Å². The highest BCUT2D eigenvalue weighted by Gasteiger charge is 2.48. The third-order valence-electron chi connectivity index (χ3n) is 7.12. The molecular weight excluding hydrogens is 439 g/mol. The topological polar surface area (TPSA) is 68.3 Å². The normalized spacial score (nSPS) is 22.6. The first-order chi connectivity index (χ1) is 16.3. The fraction of sp³-hybridized carbons (Fsp3) is 0.692. The van der Waals surface area contributed by atoms with Crippen molar-refractivity contribution in [2.45, 2.75) is 57.5 Å². The molecule has 1 fully saturated rings. The number of morpholine rings is 1. The third kappa shape index (κ3) is 6.48. The van der Waals surface area contributed by atoms with Crippen LogP contribution in [-0.4, -0.2) is 81.0 Å². The van der Waals surface area contributed by atoms with Gasteiger partial charge in [-0.05, 0) is 62.0 Å². The highest BCUT2D eigenvalue weighted by Crippen LogP contribution is 2.48. The number of ether oxygens (including phenoxy) is 3. The Balaban J connectivity index is 1.81. The molecule has 1 unspecified atom stereocenters. The Morgan fingerprint density at radius 3 is 2.68 bits per heavy atom. The molecule has 1 aromatic carbocycles. The summed E-state index contributed by atoms with van der Waals surface area (Å²) >= 11 is 0. The number of rotatable bonds is 9. The van der Waals surface area contributed by atoms with E-state index in [2.05, 4.69) is 18.7 Å². The average molecular weight is 479 g/mol. The van der Waals surface area contributed by atoms with Crippen LogP contribution in [0, 0.1) is 11.7 Å². The Bertz CT molecular complexity index is 842. The summed E-state index contributed by atoms with van der Waals surface area (Å²) in [6.07, 6.45) is 2.77. The summed E-state index contributed by atoms with van der Waals surface area (Å²) in [6.45, 7) is 7.82. The van der Waals surface area contributed by atoms with Crippen LogP contribution in [0.3, 0.4) is 0 Å². The van der Waals surface area contributed by atoms with Crippen LogP contribution in [0.5, 0.6) is 0 Å². The molecule has 190 valence electrons. The first-order valence-corrected chi connectivity index (χ1v) is 12.3. The van der Waals surface area contributed by atoms with E-state index in [4.69, 9.17) is 14.2 Å². The van der Waals surface area contributed by atoms with Crippen molar-refractivity contribution in [1.29, 1.82) is 0 Å². The Kier molecular flexibility index (Phi) is 9.31. The van der Waals surface area contributed by atoms with Crippen LogP contribution < -0.4 is 0 Å². The lowest BCUT2D eigenvalue weighted by Gasteiger charge is -2.47. The van der Waals surface area contributed by atoms with Gasteiger partial charge in [0, 0.05) is 38.4 Å². The molecule has 0 bridgehead atoms. The maximum Gasteiger partial charge on any atom is 0.410 e. The average Bonchev–Trinajstić information content (AvgIpc) is 2.83. The Morgan fingerprint density at radius 1 is 1.26 bits per heavy atom. The molecule has 0 aromatic heterocycles. The number of nitrogens with zero attached hydrogens (tertiary/aromatic N) is 2. The van der Waals surface area contributed by atoms with Gasteiger partial charge in [-0.15, -0.1) is 0 Å². The summed E-state index contributed by atoms with van der Waals surface area (Å²) in [6, 6.07) is 5.00. The van der Waals surface area contributed by atoms with Gasteiger partial charge < -0.3 is 24.0 Å². The number of amides is 1. The number of hydrogen-bond acceptors (Lipinski definition) is 6. The van der Waals surface area contributed by atoms with E-state index in [1.54, 1.807) is 11.0 Å². The fourth-order valence-corrected chi connectivity index (χ4v) is 5.36. The predicted molar refractivity (Wildman–Crippen MR) is 127 cm³/mol. The molecule has 2 atom stereocenters. The number of fused-ring (bicyclic) bond motifs is 1. The van der Waals surface area contributed by atoms with Gasteiger partial charge in [0.25, 0.3) is 0 Å². The van der Waals surface area contributed by atoms with E-state index in [1.165, 1.54) is 13.2 Å². The predicted octanol–water partition coefficient (Wildman–Crippen LogP) is 3.99. The molecule has 1 aliphatic heterocycles. The molecule has 3 rings (SSSR count).